The van der Waals surface area contributed by atoms with Gasteiger partial charge >= 0.3 is 0 Å². The number of carbonyl (C=O) groups excluding carboxylic acids is 1. The Bertz CT molecular complexity index is 2360. The number of hydrogen-bond acceptors (Lipinski definition) is 7. The van der Waals surface area contributed by atoms with Gasteiger partial charge < -0.3 is 19.4 Å². The van der Waals surface area contributed by atoms with Crippen LogP contribution < -0.4 is 10.1 Å². The number of halogens is 2. The van der Waals surface area contributed by atoms with E-state index in [9.17, 15) is 9.18 Å². The van der Waals surface area contributed by atoms with Crippen molar-refractivity contribution in [3.05, 3.63) is 117 Å². The van der Waals surface area contributed by atoms with E-state index in [-0.39, 0.29) is 18.6 Å². The van der Waals surface area contributed by atoms with E-state index in [1.165, 1.54) is 6.07 Å². The number of hydrogen-bond donors (Lipinski definition) is 2. The second kappa shape index (κ2) is 14.1. The van der Waals surface area contributed by atoms with Gasteiger partial charge in [0.2, 0.25) is 5.88 Å². The highest BCUT2D eigenvalue weighted by molar-refractivity contribution is 6.30. The lowest BCUT2D eigenvalue weighted by molar-refractivity contribution is -0.0591. The van der Waals surface area contributed by atoms with Crippen molar-refractivity contribution in [1.82, 2.24) is 29.6 Å². The number of nitrogens with zero attached hydrogens (tertiary/aromatic N) is 5. The molecule has 3 aromatic carbocycles. The van der Waals surface area contributed by atoms with Crippen molar-refractivity contribution in [1.29, 1.82) is 0 Å². The highest BCUT2D eigenvalue weighted by atomic mass is 35.5. The second-order valence-corrected chi connectivity index (χ2v) is 14.0. The minimum atomic E-state index is -0.404. The molecule has 2 aliphatic rings. The van der Waals surface area contributed by atoms with Crippen molar-refractivity contribution >= 4 is 50.7 Å². The molecule has 266 valence electrons. The molecule has 3 aromatic heterocycles. The predicted molar refractivity (Wildman–Crippen MR) is 200 cm³/mol. The van der Waals surface area contributed by atoms with Gasteiger partial charge in [-0.25, -0.2) is 14.4 Å². The van der Waals surface area contributed by atoms with Crippen molar-refractivity contribution in [2.75, 3.05) is 25.0 Å². The van der Waals surface area contributed by atoms with E-state index in [1.807, 2.05) is 57.2 Å². The first kappa shape index (κ1) is 34.0. The van der Waals surface area contributed by atoms with Gasteiger partial charge in [-0.2, -0.15) is 5.10 Å². The molecule has 2 N–H and O–H groups in total. The summed E-state index contributed by atoms with van der Waals surface area (Å²) in [7, 11) is 0. The molecule has 0 radical (unpaired) electrons. The fourth-order valence-corrected chi connectivity index (χ4v) is 7.22. The van der Waals surface area contributed by atoms with Gasteiger partial charge in [-0.3, -0.25) is 14.8 Å². The highest BCUT2D eigenvalue weighted by Crippen LogP contribution is 2.31. The standard InChI is InChI=1S/C40H39ClFN7O3/c1-23-17-33(24(2)38-25(3)46-47-39(23)38)45-40(50)27-8-10-35-34(18-27)43-36(49(35)20-30-13-16-51-30)21-48-14-11-26(12-15-48)32-5-4-6-37(44-32)52-22-28-7-9-29(41)19-31(28)42/h4-11,17-19,30H,12-16,20-22H2,1-3H3,(H,45,50)(H,46,47)/t30-/m0/s1. The number of amides is 1. The molecule has 8 rings (SSSR count). The number of carbonyl (C=O) groups is 1. The number of fused-ring (bicyclic) bond motifs is 2. The molecular weight excluding hydrogens is 681 g/mol. The van der Waals surface area contributed by atoms with Crippen molar-refractivity contribution < 1.29 is 18.7 Å². The minimum Gasteiger partial charge on any atom is -0.473 e. The van der Waals surface area contributed by atoms with Crippen LogP contribution in [0.4, 0.5) is 10.1 Å². The molecule has 1 atom stereocenters. The van der Waals surface area contributed by atoms with E-state index in [4.69, 9.17) is 31.0 Å². The van der Waals surface area contributed by atoms with Crippen molar-refractivity contribution in [3.63, 3.8) is 0 Å². The summed E-state index contributed by atoms with van der Waals surface area (Å²) in [5.41, 5.74) is 9.39. The van der Waals surface area contributed by atoms with Crippen molar-refractivity contribution in [2.24, 2.45) is 0 Å². The van der Waals surface area contributed by atoms with Crippen LogP contribution in [0.2, 0.25) is 5.02 Å². The third-order valence-electron chi connectivity index (χ3n) is 10.1. The molecule has 0 saturated carbocycles. The maximum absolute atomic E-state index is 14.2. The van der Waals surface area contributed by atoms with Crippen LogP contribution in [0, 0.1) is 26.6 Å². The summed E-state index contributed by atoms with van der Waals surface area (Å²) in [5.74, 6) is 0.792. The number of aromatic nitrogens is 5. The summed E-state index contributed by atoms with van der Waals surface area (Å²) in [4.78, 5) is 25.7. The fraction of sp³-hybridized carbons (Fsp3) is 0.300. The van der Waals surface area contributed by atoms with Crippen LogP contribution in [0.15, 0.2) is 66.7 Å². The first-order chi connectivity index (χ1) is 25.2. The Morgan fingerprint density at radius 3 is 2.75 bits per heavy atom. The van der Waals surface area contributed by atoms with Crippen LogP contribution >= 0.6 is 11.6 Å². The molecule has 1 amide bonds. The Kier molecular flexibility index (Phi) is 9.25. The Morgan fingerprint density at radius 2 is 1.98 bits per heavy atom. The van der Waals surface area contributed by atoms with Crippen LogP contribution in [0.5, 0.6) is 5.88 Å². The van der Waals surface area contributed by atoms with Crippen LogP contribution in [-0.4, -0.2) is 61.3 Å². The number of aryl methyl sites for hydroxylation is 3. The normalized spacial score (nSPS) is 16.2. The largest absolute Gasteiger partial charge is 0.473 e. The number of imidazole rings is 1. The first-order valence-electron chi connectivity index (χ1n) is 17.5. The minimum absolute atomic E-state index is 0.0622. The van der Waals surface area contributed by atoms with Gasteiger partial charge in [-0.1, -0.05) is 29.8 Å². The van der Waals surface area contributed by atoms with Crippen LogP contribution in [-0.2, 0) is 24.4 Å². The highest BCUT2D eigenvalue weighted by Gasteiger charge is 2.24. The molecule has 5 heterocycles. The number of pyridine rings is 1. The maximum atomic E-state index is 14.2. The molecule has 6 aromatic rings. The van der Waals surface area contributed by atoms with Crippen LogP contribution in [0.3, 0.4) is 0 Å². The molecule has 2 aliphatic heterocycles. The third kappa shape index (κ3) is 6.79. The van der Waals surface area contributed by atoms with Crippen molar-refractivity contribution in [3.8, 4) is 5.88 Å². The van der Waals surface area contributed by atoms with E-state index in [1.54, 1.807) is 18.2 Å². The molecule has 0 bridgehead atoms. The maximum Gasteiger partial charge on any atom is 0.255 e. The van der Waals surface area contributed by atoms with Crippen molar-refractivity contribution in [2.45, 2.75) is 59.4 Å². The monoisotopic (exact) mass is 719 g/mol. The van der Waals surface area contributed by atoms with Gasteiger partial charge in [-0.15, -0.1) is 0 Å². The molecule has 52 heavy (non-hydrogen) atoms. The number of ether oxygens (including phenoxy) is 2. The average Bonchev–Trinajstić information content (AvgIpc) is 3.68. The Labute approximate surface area is 305 Å². The predicted octanol–water partition coefficient (Wildman–Crippen LogP) is 7.93. The average molecular weight is 720 g/mol. The fourth-order valence-electron chi connectivity index (χ4n) is 7.06. The molecule has 12 heteroatoms. The molecule has 0 aliphatic carbocycles. The van der Waals surface area contributed by atoms with E-state index in [0.29, 0.717) is 35.1 Å². The van der Waals surface area contributed by atoms with E-state index >= 15 is 0 Å². The summed E-state index contributed by atoms with van der Waals surface area (Å²) in [6, 6.07) is 17.9. The Hall–Kier alpha value is -5.10. The number of anilines is 1. The molecular formula is C40H39ClFN7O3. The lowest BCUT2D eigenvalue weighted by Crippen LogP contribution is -2.33. The number of aromatic amines is 1. The smallest absolute Gasteiger partial charge is 0.255 e. The van der Waals surface area contributed by atoms with Gasteiger partial charge in [0.1, 0.15) is 18.2 Å². The van der Waals surface area contributed by atoms with Gasteiger partial charge in [-0.05, 0) is 92.8 Å². The van der Waals surface area contributed by atoms with Crippen LogP contribution in [0.25, 0.3) is 27.5 Å². The summed E-state index contributed by atoms with van der Waals surface area (Å²) in [5, 5.41) is 12.0. The molecule has 1 fully saturated rings. The first-order valence-corrected chi connectivity index (χ1v) is 17.9. The SMILES string of the molecule is Cc1cc(NC(=O)c2ccc3c(c2)nc(CN2CC=C(c4cccc(OCc5ccc(Cl)cc5F)n4)CC2)n3C[C@@H]2CCO2)c(C)c2c(C)n[nH]c12. The zero-order valence-corrected chi connectivity index (χ0v) is 30.1. The lowest BCUT2D eigenvalue weighted by atomic mass is 10.0. The number of benzene rings is 3. The number of rotatable bonds is 10. The van der Waals surface area contributed by atoms with E-state index in [0.717, 1.165) is 94.1 Å². The quantitative estimate of drug-likeness (QED) is 0.148. The van der Waals surface area contributed by atoms with E-state index in [2.05, 4.69) is 31.1 Å². The Morgan fingerprint density at radius 1 is 1.12 bits per heavy atom. The molecule has 10 nitrogen and oxygen atoms in total. The zero-order chi connectivity index (χ0) is 35.9. The zero-order valence-electron chi connectivity index (χ0n) is 29.3. The van der Waals surface area contributed by atoms with Gasteiger partial charge in [0.05, 0.1) is 47.1 Å². The molecule has 0 spiro atoms. The number of nitrogens with one attached hydrogen (secondary N) is 2. The summed E-state index contributed by atoms with van der Waals surface area (Å²) in [6.07, 6.45) is 4.17. The van der Waals surface area contributed by atoms with E-state index < -0.39 is 5.82 Å². The summed E-state index contributed by atoms with van der Waals surface area (Å²) < 4.78 is 28.1. The lowest BCUT2D eigenvalue weighted by Gasteiger charge is -2.29. The van der Waals surface area contributed by atoms with Gasteiger partial charge in [0.25, 0.3) is 5.91 Å². The Balaban J connectivity index is 0.980. The molecule has 0 unspecified atom stereocenters. The van der Waals surface area contributed by atoms with Crippen LogP contribution in [0.1, 0.15) is 57.1 Å². The number of H-pyrrole nitrogens is 1. The van der Waals surface area contributed by atoms with Gasteiger partial charge in [0.15, 0.2) is 0 Å². The third-order valence-corrected chi connectivity index (χ3v) is 10.3. The topological polar surface area (TPSA) is 110 Å². The summed E-state index contributed by atoms with van der Waals surface area (Å²) in [6.45, 7) is 9.75. The summed E-state index contributed by atoms with van der Waals surface area (Å²) >= 11 is 5.88. The van der Waals surface area contributed by atoms with Gasteiger partial charge in [0, 0.05) is 53.0 Å². The second-order valence-electron chi connectivity index (χ2n) is 13.6. The molecule has 1 saturated heterocycles.